The minimum absolute atomic E-state index is 0.155. The summed E-state index contributed by atoms with van der Waals surface area (Å²) in [5, 5.41) is 0.919. The topological polar surface area (TPSA) is 37.4 Å². The van der Waals surface area contributed by atoms with Crippen molar-refractivity contribution in [3.8, 4) is 0 Å². The minimum atomic E-state index is -0.155. The minimum Gasteiger partial charge on any atom is -0.274 e. The number of carbonyl (C=O) groups excluding carboxylic acids is 2. The molecule has 19 heavy (non-hydrogen) atoms. The van der Waals surface area contributed by atoms with Crippen molar-refractivity contribution in [1.82, 2.24) is 4.90 Å². The lowest BCUT2D eigenvalue weighted by Gasteiger charge is -2.22. The molecule has 102 valence electrons. The Morgan fingerprint density at radius 3 is 2.11 bits per heavy atom. The molecule has 0 saturated carbocycles. The highest BCUT2D eigenvalue weighted by Gasteiger charge is 2.34. The lowest BCUT2D eigenvalue weighted by Crippen LogP contribution is -2.31. The second-order valence-electron chi connectivity index (χ2n) is 5.71. The van der Waals surface area contributed by atoms with Gasteiger partial charge in [0, 0.05) is 11.9 Å². The van der Waals surface area contributed by atoms with Crippen LogP contribution in [-0.4, -0.2) is 28.6 Å². The number of carbonyl (C=O) groups is 2. The molecule has 0 bridgehead atoms. The Hall–Kier alpha value is -1.16. The molecule has 0 saturated heterocycles. The Kier molecular flexibility index (Phi) is 4.09. The van der Waals surface area contributed by atoms with E-state index in [4.69, 9.17) is 0 Å². The number of hydrogen-bond acceptors (Lipinski definition) is 2. The first-order chi connectivity index (χ1) is 8.96. The molecule has 2 rings (SSSR count). The molecular weight excluding hydrogens is 306 g/mol. The van der Waals surface area contributed by atoms with E-state index in [1.165, 1.54) is 4.90 Å². The van der Waals surface area contributed by atoms with Gasteiger partial charge in [-0.1, -0.05) is 41.9 Å². The van der Waals surface area contributed by atoms with E-state index in [1.807, 2.05) is 0 Å². The average molecular weight is 324 g/mol. The zero-order valence-electron chi connectivity index (χ0n) is 11.3. The van der Waals surface area contributed by atoms with Crippen LogP contribution < -0.4 is 0 Å². The third kappa shape index (κ3) is 2.89. The van der Waals surface area contributed by atoms with Crippen LogP contribution in [0.3, 0.4) is 0 Å². The zero-order valence-corrected chi connectivity index (χ0v) is 12.9. The molecule has 0 fully saturated rings. The van der Waals surface area contributed by atoms with Crippen molar-refractivity contribution in [3.63, 3.8) is 0 Å². The van der Waals surface area contributed by atoms with E-state index in [2.05, 4.69) is 29.8 Å². The second-order valence-corrected chi connectivity index (χ2v) is 6.27. The van der Waals surface area contributed by atoms with E-state index in [0.717, 1.165) is 18.2 Å². The highest BCUT2D eigenvalue weighted by atomic mass is 79.9. The molecule has 4 heteroatoms. The maximum absolute atomic E-state index is 12.1. The number of fused-ring (bicyclic) bond motifs is 1. The van der Waals surface area contributed by atoms with Gasteiger partial charge in [-0.25, -0.2) is 0 Å². The van der Waals surface area contributed by atoms with Crippen molar-refractivity contribution < 1.29 is 9.59 Å². The van der Waals surface area contributed by atoms with E-state index in [1.54, 1.807) is 24.3 Å². The van der Waals surface area contributed by atoms with E-state index in [9.17, 15) is 9.59 Å². The summed E-state index contributed by atoms with van der Waals surface area (Å²) in [4.78, 5) is 25.6. The lowest BCUT2D eigenvalue weighted by atomic mass is 9.90. The molecule has 1 heterocycles. The van der Waals surface area contributed by atoms with Crippen LogP contribution in [0.15, 0.2) is 24.3 Å². The predicted octanol–water partition coefficient (Wildman–Crippen LogP) is 3.48. The van der Waals surface area contributed by atoms with Gasteiger partial charge in [0.25, 0.3) is 11.8 Å². The fraction of sp³-hybridized carbons (Fsp3) is 0.467. The van der Waals surface area contributed by atoms with Gasteiger partial charge in [0.05, 0.1) is 11.1 Å². The SMILES string of the molecule is CC(C)(CBr)CCCN1C(=O)c2ccccc2C1=O. The number of imide groups is 1. The number of hydrogen-bond donors (Lipinski definition) is 0. The van der Waals surface area contributed by atoms with Crippen LogP contribution in [0.4, 0.5) is 0 Å². The van der Waals surface area contributed by atoms with Crippen molar-refractivity contribution >= 4 is 27.7 Å². The maximum atomic E-state index is 12.1. The Balaban J connectivity index is 2.01. The number of amides is 2. The van der Waals surface area contributed by atoms with Gasteiger partial charge >= 0.3 is 0 Å². The monoisotopic (exact) mass is 323 g/mol. The van der Waals surface area contributed by atoms with Crippen molar-refractivity contribution in [2.45, 2.75) is 26.7 Å². The molecule has 0 atom stereocenters. The number of halogens is 1. The highest BCUT2D eigenvalue weighted by Crippen LogP contribution is 2.27. The molecule has 0 spiro atoms. The number of alkyl halides is 1. The van der Waals surface area contributed by atoms with Gasteiger partial charge in [0.1, 0.15) is 0 Å². The lowest BCUT2D eigenvalue weighted by molar-refractivity contribution is 0.0647. The van der Waals surface area contributed by atoms with Crippen molar-refractivity contribution in [2.24, 2.45) is 5.41 Å². The molecule has 0 radical (unpaired) electrons. The summed E-state index contributed by atoms with van der Waals surface area (Å²) < 4.78 is 0. The molecule has 1 aromatic rings. The van der Waals surface area contributed by atoms with E-state index < -0.39 is 0 Å². The smallest absolute Gasteiger partial charge is 0.261 e. The van der Waals surface area contributed by atoms with Crippen LogP contribution in [0, 0.1) is 5.41 Å². The summed E-state index contributed by atoms with van der Waals surface area (Å²) in [7, 11) is 0. The summed E-state index contributed by atoms with van der Waals surface area (Å²) in [6, 6.07) is 7.03. The molecule has 1 aliphatic heterocycles. The third-order valence-electron chi connectivity index (χ3n) is 3.48. The largest absolute Gasteiger partial charge is 0.274 e. The van der Waals surface area contributed by atoms with Crippen LogP contribution in [-0.2, 0) is 0 Å². The van der Waals surface area contributed by atoms with Crippen molar-refractivity contribution in [3.05, 3.63) is 35.4 Å². The molecule has 1 aliphatic rings. The molecular formula is C15H18BrNO2. The molecule has 2 amide bonds. The van der Waals surface area contributed by atoms with Crippen LogP contribution in [0.5, 0.6) is 0 Å². The number of rotatable bonds is 5. The van der Waals surface area contributed by atoms with E-state index in [-0.39, 0.29) is 17.2 Å². The molecule has 0 aromatic heterocycles. The Bertz CT molecular complexity index is 476. The summed E-state index contributed by atoms with van der Waals surface area (Å²) in [6.07, 6.45) is 1.82. The first-order valence-electron chi connectivity index (χ1n) is 6.47. The summed E-state index contributed by atoms with van der Waals surface area (Å²) in [5.74, 6) is -0.311. The summed E-state index contributed by atoms with van der Waals surface area (Å²) >= 11 is 3.48. The van der Waals surface area contributed by atoms with Gasteiger partial charge < -0.3 is 0 Å². The van der Waals surface area contributed by atoms with Crippen LogP contribution in [0.2, 0.25) is 0 Å². The van der Waals surface area contributed by atoms with Gasteiger partial charge in [-0.05, 0) is 30.4 Å². The van der Waals surface area contributed by atoms with E-state index in [0.29, 0.717) is 17.7 Å². The molecule has 3 nitrogen and oxygen atoms in total. The van der Waals surface area contributed by atoms with Crippen LogP contribution >= 0.6 is 15.9 Å². The maximum Gasteiger partial charge on any atom is 0.261 e. The van der Waals surface area contributed by atoms with Gasteiger partial charge in [-0.15, -0.1) is 0 Å². The van der Waals surface area contributed by atoms with Crippen LogP contribution in [0.1, 0.15) is 47.4 Å². The number of benzene rings is 1. The molecule has 1 aromatic carbocycles. The van der Waals surface area contributed by atoms with Gasteiger partial charge in [0.2, 0.25) is 0 Å². The normalized spacial score (nSPS) is 15.0. The van der Waals surface area contributed by atoms with Crippen LogP contribution in [0.25, 0.3) is 0 Å². The second kappa shape index (κ2) is 5.45. The highest BCUT2D eigenvalue weighted by molar-refractivity contribution is 9.09. The zero-order chi connectivity index (χ0) is 14.0. The van der Waals surface area contributed by atoms with Gasteiger partial charge in [-0.2, -0.15) is 0 Å². The molecule has 0 unspecified atom stereocenters. The predicted molar refractivity (Wildman–Crippen MR) is 78.6 cm³/mol. The number of nitrogens with zero attached hydrogens (tertiary/aromatic N) is 1. The Labute approximate surface area is 122 Å². The third-order valence-corrected chi connectivity index (χ3v) is 4.99. The van der Waals surface area contributed by atoms with Crippen molar-refractivity contribution in [2.75, 3.05) is 11.9 Å². The first kappa shape index (κ1) is 14.3. The summed E-state index contributed by atoms with van der Waals surface area (Å²) in [5.41, 5.74) is 1.26. The van der Waals surface area contributed by atoms with E-state index >= 15 is 0 Å². The summed E-state index contributed by atoms with van der Waals surface area (Å²) in [6.45, 7) is 4.84. The van der Waals surface area contributed by atoms with Gasteiger partial charge in [0.15, 0.2) is 0 Å². The fourth-order valence-corrected chi connectivity index (χ4v) is 2.51. The molecule has 0 aliphatic carbocycles. The quantitative estimate of drug-likeness (QED) is 0.614. The van der Waals surface area contributed by atoms with Crippen molar-refractivity contribution in [1.29, 1.82) is 0 Å². The van der Waals surface area contributed by atoms with Gasteiger partial charge in [-0.3, -0.25) is 14.5 Å². The standard InChI is InChI=1S/C15H18BrNO2/c1-15(2,10-16)8-5-9-17-13(18)11-6-3-4-7-12(11)14(17)19/h3-4,6-7H,5,8-10H2,1-2H3. The first-order valence-corrected chi connectivity index (χ1v) is 7.59. The Morgan fingerprint density at radius 2 is 1.63 bits per heavy atom. The average Bonchev–Trinajstić information content (AvgIpc) is 2.64. The Morgan fingerprint density at radius 1 is 1.11 bits per heavy atom. The molecule has 0 N–H and O–H groups in total. The fourth-order valence-electron chi connectivity index (χ4n) is 2.22.